The van der Waals surface area contributed by atoms with Crippen LogP contribution in [0, 0.1) is 13.8 Å². The van der Waals surface area contributed by atoms with E-state index in [1.54, 1.807) is 87.4 Å². The molecule has 5 N–H and O–H groups in total. The molecule has 0 unspecified atom stereocenters. The van der Waals surface area contributed by atoms with Crippen molar-refractivity contribution < 1.29 is 29.0 Å². The molecule has 57 heavy (non-hydrogen) atoms. The summed E-state index contributed by atoms with van der Waals surface area (Å²) in [6.45, 7) is 8.79. The molecule has 298 valence electrons. The third-order valence-corrected chi connectivity index (χ3v) is 9.51. The van der Waals surface area contributed by atoms with Gasteiger partial charge in [-0.3, -0.25) is 28.5 Å². The second-order valence-electron chi connectivity index (χ2n) is 13.4. The summed E-state index contributed by atoms with van der Waals surface area (Å²) < 4.78 is 16.3. The van der Waals surface area contributed by atoms with Crippen molar-refractivity contribution in [1.82, 2.24) is 37.8 Å². The van der Waals surface area contributed by atoms with Gasteiger partial charge in [0.15, 0.2) is 0 Å². The van der Waals surface area contributed by atoms with Crippen LogP contribution in [0.15, 0.2) is 64.6 Å². The van der Waals surface area contributed by atoms with Crippen molar-refractivity contribution in [3.05, 3.63) is 99.8 Å². The van der Waals surface area contributed by atoms with Crippen LogP contribution >= 0.6 is 0 Å². The average molecular weight is 779 g/mol. The van der Waals surface area contributed by atoms with Crippen LogP contribution in [0.1, 0.15) is 73.3 Å². The van der Waals surface area contributed by atoms with E-state index >= 15 is 0 Å². The quantitative estimate of drug-likeness (QED) is 0.109. The highest BCUT2D eigenvalue weighted by atomic mass is 16.5. The van der Waals surface area contributed by atoms with Crippen molar-refractivity contribution in [3.8, 4) is 5.75 Å². The summed E-state index contributed by atoms with van der Waals surface area (Å²) in [7, 11) is 3.48. The van der Waals surface area contributed by atoms with Crippen molar-refractivity contribution >= 4 is 45.7 Å². The molecule has 0 radical (unpaired) electrons. The van der Waals surface area contributed by atoms with Crippen LogP contribution in [0.2, 0.25) is 0 Å². The Bertz CT molecular complexity index is 2730. The highest BCUT2D eigenvalue weighted by Gasteiger charge is 2.21. The number of rotatable bonds is 14. The van der Waals surface area contributed by atoms with Crippen LogP contribution in [-0.2, 0) is 40.3 Å². The molecule has 6 rings (SSSR count). The number of aryl methyl sites for hydroxylation is 6. The van der Waals surface area contributed by atoms with Crippen LogP contribution in [0.25, 0.3) is 22.1 Å². The predicted molar refractivity (Wildman–Crippen MR) is 210 cm³/mol. The van der Waals surface area contributed by atoms with Gasteiger partial charge in [0.2, 0.25) is 23.1 Å². The second kappa shape index (κ2) is 16.5. The van der Waals surface area contributed by atoms with E-state index in [9.17, 15) is 24.3 Å². The summed E-state index contributed by atoms with van der Waals surface area (Å²) in [6, 6.07) is 11.5. The van der Waals surface area contributed by atoms with Gasteiger partial charge in [-0.1, -0.05) is 12.2 Å². The number of carbonyl (C=O) groups excluding carboxylic acids is 4. The number of fused-ring (bicyclic) bond motifs is 2. The Morgan fingerprint density at radius 1 is 0.737 bits per heavy atom. The van der Waals surface area contributed by atoms with E-state index in [1.807, 2.05) is 30.6 Å². The fourth-order valence-electron chi connectivity index (χ4n) is 6.78. The lowest BCUT2D eigenvalue weighted by molar-refractivity contribution is 0.0977. The Balaban J connectivity index is 1.49. The summed E-state index contributed by atoms with van der Waals surface area (Å²) in [5.41, 5.74) is 16.8. The van der Waals surface area contributed by atoms with Crippen LogP contribution in [0.5, 0.6) is 5.75 Å². The smallest absolute Gasteiger partial charge is 0.298 e. The minimum absolute atomic E-state index is 0.104. The molecule has 18 nitrogen and oxygen atoms in total. The van der Waals surface area contributed by atoms with Gasteiger partial charge in [0.25, 0.3) is 11.8 Å². The number of benzene rings is 2. The summed E-state index contributed by atoms with van der Waals surface area (Å²) in [5.74, 6) is -1.95. The third kappa shape index (κ3) is 7.84. The van der Waals surface area contributed by atoms with Crippen LogP contribution in [0.3, 0.4) is 0 Å². The van der Waals surface area contributed by atoms with Gasteiger partial charge < -0.3 is 39.6 Å². The molecule has 4 heterocycles. The van der Waals surface area contributed by atoms with E-state index < -0.39 is 23.6 Å². The number of aromatic nitrogens is 8. The maximum atomic E-state index is 13.8. The van der Waals surface area contributed by atoms with E-state index in [0.29, 0.717) is 81.3 Å². The van der Waals surface area contributed by atoms with E-state index in [-0.39, 0.29) is 37.5 Å². The number of aliphatic hydroxyl groups excluding tert-OH is 1. The van der Waals surface area contributed by atoms with Crippen LogP contribution in [0.4, 0.5) is 0 Å². The number of hydrogen-bond donors (Lipinski definition) is 3. The van der Waals surface area contributed by atoms with Crippen molar-refractivity contribution in [2.75, 3.05) is 13.2 Å². The third-order valence-electron chi connectivity index (χ3n) is 9.51. The number of aliphatic hydroxyl groups is 1. The van der Waals surface area contributed by atoms with Crippen LogP contribution < -0.4 is 27.4 Å². The van der Waals surface area contributed by atoms with E-state index in [0.717, 1.165) is 0 Å². The Hall–Kier alpha value is -6.82. The molecule has 2 aromatic carbocycles. The number of imidazole rings is 2. The molecule has 0 aliphatic carbocycles. The number of carbonyl (C=O) groups is 4. The van der Waals surface area contributed by atoms with Gasteiger partial charge in [-0.25, -0.2) is 0 Å². The van der Waals surface area contributed by atoms with Crippen molar-refractivity contribution in [2.24, 2.45) is 35.5 Å². The lowest BCUT2D eigenvalue weighted by Gasteiger charge is -2.11. The molecule has 4 amide bonds. The Kier molecular flexibility index (Phi) is 11.5. The van der Waals surface area contributed by atoms with Gasteiger partial charge in [-0.2, -0.15) is 20.2 Å². The molecule has 0 atom stereocenters. The first-order chi connectivity index (χ1) is 27.3. The minimum atomic E-state index is -0.669. The van der Waals surface area contributed by atoms with E-state index in [4.69, 9.17) is 16.2 Å². The predicted octanol–water partition coefficient (Wildman–Crippen LogP) is 2.02. The fourth-order valence-corrected chi connectivity index (χ4v) is 6.78. The number of hydrogen-bond acceptors (Lipinski definition) is 8. The van der Waals surface area contributed by atoms with E-state index in [2.05, 4.69) is 20.2 Å². The molecule has 0 fully saturated rings. The lowest BCUT2D eigenvalue weighted by atomic mass is 10.1. The first kappa shape index (κ1) is 39.9. The maximum Gasteiger partial charge on any atom is 0.298 e. The van der Waals surface area contributed by atoms with E-state index in [1.165, 1.54) is 6.07 Å². The minimum Gasteiger partial charge on any atom is -0.491 e. The number of primary amides is 2. The van der Waals surface area contributed by atoms with Gasteiger partial charge in [-0.05, 0) is 70.2 Å². The zero-order chi connectivity index (χ0) is 41.1. The summed E-state index contributed by atoms with van der Waals surface area (Å²) in [6.07, 6.45) is 4.08. The fraction of sp³-hybridized carbons (Fsp3) is 0.333. The first-order valence-corrected chi connectivity index (χ1v) is 18.5. The van der Waals surface area contributed by atoms with Gasteiger partial charge in [-0.15, -0.1) is 0 Å². The molecule has 18 heteroatoms. The molecule has 0 spiro atoms. The summed E-state index contributed by atoms with van der Waals surface area (Å²) in [5, 5.41) is 18.3. The van der Waals surface area contributed by atoms with Crippen molar-refractivity contribution in [1.29, 1.82) is 0 Å². The van der Waals surface area contributed by atoms with Gasteiger partial charge in [0, 0.05) is 64.4 Å². The summed E-state index contributed by atoms with van der Waals surface area (Å²) in [4.78, 5) is 61.0. The summed E-state index contributed by atoms with van der Waals surface area (Å²) >= 11 is 0. The lowest BCUT2D eigenvalue weighted by Crippen LogP contribution is -2.27. The number of nitrogens with zero attached hydrogens (tertiary/aromatic N) is 10. The molecule has 0 saturated heterocycles. The highest BCUT2D eigenvalue weighted by molar-refractivity contribution is 5.99. The zero-order valence-electron chi connectivity index (χ0n) is 32.8. The van der Waals surface area contributed by atoms with Crippen molar-refractivity contribution in [2.45, 2.75) is 60.3 Å². The SMILES string of the molecule is CCn1nc(C)cc1C(=O)/N=c1\n(C)c2cc(C(N)=O)ccc2n1C/C=C/Cn1/c(=N/C(=O)c2cc(C)nn2CC)n(C)c2cc(C(N)=O)cc(OCCCO)c21. The Morgan fingerprint density at radius 2 is 1.26 bits per heavy atom. The average Bonchev–Trinajstić information content (AvgIpc) is 3.91. The number of amides is 4. The molecular formula is C39H46N12O6. The Labute approximate surface area is 326 Å². The van der Waals surface area contributed by atoms with Crippen molar-refractivity contribution in [3.63, 3.8) is 0 Å². The van der Waals surface area contributed by atoms with Gasteiger partial charge >= 0.3 is 0 Å². The second-order valence-corrected chi connectivity index (χ2v) is 13.4. The number of nitrogens with two attached hydrogens (primary N) is 2. The first-order valence-electron chi connectivity index (χ1n) is 18.5. The molecule has 6 aromatic rings. The molecule has 0 aliphatic heterocycles. The molecule has 0 bridgehead atoms. The largest absolute Gasteiger partial charge is 0.491 e. The Morgan fingerprint density at radius 3 is 1.81 bits per heavy atom. The maximum absolute atomic E-state index is 13.8. The van der Waals surface area contributed by atoms with Gasteiger partial charge in [0.05, 0.1) is 34.5 Å². The highest BCUT2D eigenvalue weighted by Crippen LogP contribution is 2.28. The molecule has 0 saturated carbocycles. The topological polar surface area (TPSA) is 230 Å². The molecular weight excluding hydrogens is 733 g/mol. The number of allylic oxidation sites excluding steroid dienone is 2. The van der Waals surface area contributed by atoms with Crippen LogP contribution in [-0.4, -0.2) is 79.8 Å². The molecule has 4 aromatic heterocycles. The number of ether oxygens (including phenoxy) is 1. The normalized spacial score (nSPS) is 12.5. The standard InChI is InChI=1S/C39H46N12O6/c1-7-50-30(18-23(3)44-50)36(55)42-38-46(5)28-20-25(34(40)53)12-13-27(28)48(38)14-9-10-15-49-33-29(21-26(35(41)54)22-32(33)57-17-11-16-52)47(6)39(49)43-37(56)31-19-24(4)45-51(31)8-2/h9-10,12-13,18-22,52H,7-8,11,14-17H2,1-6H3,(H2,40,53)(H2,41,54)/b10-9+,42-38+,43-39+. The molecule has 0 aliphatic rings. The zero-order valence-corrected chi connectivity index (χ0v) is 32.8. The van der Waals surface area contributed by atoms with Gasteiger partial charge in [0.1, 0.15) is 22.7 Å². The monoisotopic (exact) mass is 778 g/mol.